The third kappa shape index (κ3) is 2.75. The van der Waals surface area contributed by atoms with Crippen molar-refractivity contribution >= 4 is 43.5 Å². The Hall–Kier alpha value is -0.550. The highest BCUT2D eigenvalue weighted by Crippen LogP contribution is 2.42. The van der Waals surface area contributed by atoms with Gasteiger partial charge >= 0.3 is 0 Å². The number of aliphatic hydroxyl groups is 1. The topological polar surface area (TPSA) is 29.5 Å². The van der Waals surface area contributed by atoms with Gasteiger partial charge in [-0.1, -0.05) is 33.6 Å². The Morgan fingerprint density at radius 2 is 1.95 bits per heavy atom. The number of ether oxygens (including phenoxy) is 1. The Morgan fingerprint density at radius 3 is 2.70 bits per heavy atom. The number of aliphatic hydroxyl groups excluding tert-OH is 1. The van der Waals surface area contributed by atoms with E-state index in [1.54, 1.807) is 0 Å². The van der Waals surface area contributed by atoms with Crippen LogP contribution in [0.15, 0.2) is 45.3 Å². The molecule has 2 aromatic carbocycles. The van der Waals surface area contributed by atoms with E-state index < -0.39 is 6.10 Å². The first-order chi connectivity index (χ1) is 9.54. The molecule has 0 saturated carbocycles. The molecule has 0 saturated heterocycles. The Bertz CT molecular complexity index is 660. The van der Waals surface area contributed by atoms with E-state index in [0.717, 1.165) is 25.8 Å². The Labute approximate surface area is 139 Å². The molecular formula is C15H11Br2ClO2. The lowest BCUT2D eigenvalue weighted by molar-refractivity contribution is 0.0656. The van der Waals surface area contributed by atoms with Gasteiger partial charge in [0.25, 0.3) is 0 Å². The first kappa shape index (κ1) is 14.4. The van der Waals surface area contributed by atoms with E-state index in [4.69, 9.17) is 16.3 Å². The van der Waals surface area contributed by atoms with Crippen LogP contribution in [0.25, 0.3) is 0 Å². The highest BCUT2D eigenvalue weighted by Gasteiger charge is 2.28. The summed E-state index contributed by atoms with van der Waals surface area (Å²) in [5.41, 5.74) is 1.82. The van der Waals surface area contributed by atoms with Crippen LogP contribution in [-0.4, -0.2) is 5.11 Å². The molecule has 0 bridgehead atoms. The SMILES string of the molecule is O[C@@H]1CC(c2ccc(Cl)c(Br)c2)Oc2ccc(Br)cc21. The van der Waals surface area contributed by atoms with Crippen molar-refractivity contribution in [2.75, 3.05) is 0 Å². The van der Waals surface area contributed by atoms with Gasteiger partial charge in [0.05, 0.1) is 11.1 Å². The molecule has 2 nitrogen and oxygen atoms in total. The van der Waals surface area contributed by atoms with Gasteiger partial charge in [0.2, 0.25) is 0 Å². The molecule has 1 unspecified atom stereocenters. The van der Waals surface area contributed by atoms with Gasteiger partial charge in [0, 0.05) is 20.9 Å². The number of halogens is 3. The lowest BCUT2D eigenvalue weighted by atomic mass is 9.95. The van der Waals surface area contributed by atoms with Gasteiger partial charge in [-0.3, -0.25) is 0 Å². The summed E-state index contributed by atoms with van der Waals surface area (Å²) in [6.45, 7) is 0. The average molecular weight is 419 g/mol. The first-order valence-electron chi connectivity index (χ1n) is 6.13. The lowest BCUT2D eigenvalue weighted by Crippen LogP contribution is -2.19. The van der Waals surface area contributed by atoms with Crippen molar-refractivity contribution in [3.8, 4) is 5.75 Å². The van der Waals surface area contributed by atoms with Gasteiger partial charge in [0.1, 0.15) is 11.9 Å². The summed E-state index contributed by atoms with van der Waals surface area (Å²) in [6, 6.07) is 11.4. The Kier molecular flexibility index (Phi) is 4.09. The molecule has 1 heterocycles. The van der Waals surface area contributed by atoms with E-state index in [0.29, 0.717) is 11.4 Å². The zero-order valence-corrected chi connectivity index (χ0v) is 14.2. The standard InChI is InChI=1S/C15H11Br2ClO2/c16-9-2-4-14-10(6-9)13(19)7-15(20-14)8-1-3-12(18)11(17)5-8/h1-6,13,15,19H,7H2/t13-,15?/m1/s1. The third-order valence-electron chi connectivity index (χ3n) is 3.35. The van der Waals surface area contributed by atoms with Crippen molar-refractivity contribution < 1.29 is 9.84 Å². The number of rotatable bonds is 1. The van der Waals surface area contributed by atoms with E-state index in [9.17, 15) is 5.11 Å². The van der Waals surface area contributed by atoms with Crippen molar-refractivity contribution in [2.45, 2.75) is 18.6 Å². The molecule has 0 amide bonds. The number of fused-ring (bicyclic) bond motifs is 1. The monoisotopic (exact) mass is 416 g/mol. The molecule has 5 heteroatoms. The number of hydrogen-bond acceptors (Lipinski definition) is 2. The van der Waals surface area contributed by atoms with Crippen LogP contribution < -0.4 is 4.74 Å². The summed E-state index contributed by atoms with van der Waals surface area (Å²) < 4.78 is 7.76. The Morgan fingerprint density at radius 1 is 1.15 bits per heavy atom. The largest absolute Gasteiger partial charge is 0.485 e. The summed E-state index contributed by atoms with van der Waals surface area (Å²) in [5.74, 6) is 0.725. The van der Waals surface area contributed by atoms with E-state index in [1.165, 1.54) is 0 Å². The van der Waals surface area contributed by atoms with Crippen molar-refractivity contribution in [2.24, 2.45) is 0 Å². The maximum absolute atomic E-state index is 10.3. The van der Waals surface area contributed by atoms with Crippen LogP contribution in [0.5, 0.6) is 5.75 Å². The highest BCUT2D eigenvalue weighted by atomic mass is 79.9. The summed E-state index contributed by atoms with van der Waals surface area (Å²) in [7, 11) is 0. The fraction of sp³-hybridized carbons (Fsp3) is 0.200. The molecule has 1 aliphatic heterocycles. The summed E-state index contributed by atoms with van der Waals surface area (Å²) >= 11 is 12.8. The molecular weight excluding hydrogens is 407 g/mol. The minimum Gasteiger partial charge on any atom is -0.485 e. The van der Waals surface area contributed by atoms with Gasteiger partial charge in [-0.05, 0) is 51.8 Å². The van der Waals surface area contributed by atoms with E-state index in [-0.39, 0.29) is 6.10 Å². The molecule has 0 aromatic heterocycles. The minimum absolute atomic E-state index is 0.174. The molecule has 1 N–H and O–H groups in total. The zero-order valence-electron chi connectivity index (χ0n) is 10.3. The van der Waals surface area contributed by atoms with Crippen LogP contribution in [0.3, 0.4) is 0 Å². The van der Waals surface area contributed by atoms with Crippen LogP contribution in [0.4, 0.5) is 0 Å². The van der Waals surface area contributed by atoms with E-state index in [2.05, 4.69) is 31.9 Å². The summed E-state index contributed by atoms with van der Waals surface area (Å²) in [5, 5.41) is 11.0. The van der Waals surface area contributed by atoms with E-state index >= 15 is 0 Å². The van der Waals surface area contributed by atoms with Crippen molar-refractivity contribution in [1.82, 2.24) is 0 Å². The van der Waals surface area contributed by atoms with Gasteiger partial charge < -0.3 is 9.84 Å². The molecule has 2 atom stereocenters. The van der Waals surface area contributed by atoms with Crippen molar-refractivity contribution in [1.29, 1.82) is 0 Å². The fourth-order valence-corrected chi connectivity index (χ4v) is 3.23. The average Bonchev–Trinajstić information content (AvgIpc) is 2.42. The second-order valence-corrected chi connectivity index (χ2v) is 6.89. The van der Waals surface area contributed by atoms with Crippen LogP contribution in [0.2, 0.25) is 5.02 Å². The molecule has 0 radical (unpaired) electrons. The molecule has 0 spiro atoms. The van der Waals surface area contributed by atoms with Crippen molar-refractivity contribution in [3.05, 3.63) is 61.5 Å². The van der Waals surface area contributed by atoms with Crippen molar-refractivity contribution in [3.63, 3.8) is 0 Å². The number of hydrogen-bond donors (Lipinski definition) is 1. The number of benzene rings is 2. The first-order valence-corrected chi connectivity index (χ1v) is 8.10. The van der Waals surface area contributed by atoms with Crippen LogP contribution in [0.1, 0.15) is 29.8 Å². The third-order valence-corrected chi connectivity index (χ3v) is 5.06. The molecule has 2 aromatic rings. The van der Waals surface area contributed by atoms with Crippen LogP contribution >= 0.6 is 43.5 Å². The molecule has 20 heavy (non-hydrogen) atoms. The second-order valence-electron chi connectivity index (χ2n) is 4.71. The zero-order chi connectivity index (χ0) is 14.3. The van der Waals surface area contributed by atoms with Gasteiger partial charge in [0.15, 0.2) is 0 Å². The van der Waals surface area contributed by atoms with Gasteiger partial charge in [-0.2, -0.15) is 0 Å². The molecule has 1 aliphatic rings. The predicted octanol–water partition coefficient (Wildman–Crippen LogP) is 5.42. The predicted molar refractivity (Wildman–Crippen MR) is 86.2 cm³/mol. The highest BCUT2D eigenvalue weighted by molar-refractivity contribution is 9.10. The summed E-state index contributed by atoms with van der Waals surface area (Å²) in [6.07, 6.45) is -0.180. The molecule has 0 aliphatic carbocycles. The second kappa shape index (κ2) is 5.68. The maximum Gasteiger partial charge on any atom is 0.127 e. The van der Waals surface area contributed by atoms with Gasteiger partial charge in [-0.15, -0.1) is 0 Å². The fourth-order valence-electron chi connectivity index (χ4n) is 2.33. The van der Waals surface area contributed by atoms with Crippen LogP contribution in [0, 0.1) is 0 Å². The van der Waals surface area contributed by atoms with Crippen LogP contribution in [-0.2, 0) is 0 Å². The molecule has 3 rings (SSSR count). The maximum atomic E-state index is 10.3. The normalized spacial score (nSPS) is 21.2. The summed E-state index contributed by atoms with van der Waals surface area (Å²) in [4.78, 5) is 0. The quantitative estimate of drug-likeness (QED) is 0.670. The molecule has 104 valence electrons. The lowest BCUT2D eigenvalue weighted by Gasteiger charge is -2.30. The Balaban J connectivity index is 1.94. The van der Waals surface area contributed by atoms with Gasteiger partial charge in [-0.25, -0.2) is 0 Å². The molecule has 0 fully saturated rings. The smallest absolute Gasteiger partial charge is 0.127 e. The minimum atomic E-state index is -0.532. The van der Waals surface area contributed by atoms with E-state index in [1.807, 2.05) is 36.4 Å².